The molecule has 0 amide bonds. The van der Waals surface area contributed by atoms with E-state index in [9.17, 15) is 0 Å². The van der Waals surface area contributed by atoms with E-state index >= 15 is 0 Å². The van der Waals surface area contributed by atoms with Crippen LogP contribution in [-0.2, 0) is 0 Å². The maximum atomic E-state index is 6.08. The van der Waals surface area contributed by atoms with Crippen molar-refractivity contribution in [3.63, 3.8) is 0 Å². The van der Waals surface area contributed by atoms with E-state index in [1.807, 2.05) is 0 Å². The molecule has 0 aromatic heterocycles. The first-order valence-electron chi connectivity index (χ1n) is 7.46. The topological polar surface area (TPSA) is 32.5 Å². The molecule has 18 heavy (non-hydrogen) atoms. The summed E-state index contributed by atoms with van der Waals surface area (Å²) in [5.74, 6) is 0.656. The van der Waals surface area contributed by atoms with Gasteiger partial charge in [0, 0.05) is 43.8 Å². The Balaban J connectivity index is 2.66. The molecule has 0 bridgehead atoms. The molecular formula is C15H33N3. The molecule has 0 spiro atoms. The number of hydrogen-bond acceptors (Lipinski definition) is 3. The average molecular weight is 255 g/mol. The van der Waals surface area contributed by atoms with E-state index in [0.29, 0.717) is 11.5 Å². The highest BCUT2D eigenvalue weighted by Gasteiger charge is 2.38. The molecule has 108 valence electrons. The highest BCUT2D eigenvalue weighted by molar-refractivity contribution is 4.95. The van der Waals surface area contributed by atoms with E-state index in [-0.39, 0.29) is 5.54 Å². The smallest absolute Gasteiger partial charge is 0.0330 e. The third kappa shape index (κ3) is 3.25. The largest absolute Gasteiger partial charge is 0.329 e. The van der Waals surface area contributed by atoms with Gasteiger partial charge in [-0.15, -0.1) is 0 Å². The molecule has 1 saturated heterocycles. The Morgan fingerprint density at radius 1 is 1.00 bits per heavy atom. The van der Waals surface area contributed by atoms with E-state index in [1.165, 1.54) is 6.42 Å². The summed E-state index contributed by atoms with van der Waals surface area (Å²) >= 11 is 0. The summed E-state index contributed by atoms with van der Waals surface area (Å²) < 4.78 is 0. The third-order valence-electron chi connectivity index (χ3n) is 5.04. The predicted octanol–water partition coefficient (Wildman–Crippen LogP) is 2.17. The van der Waals surface area contributed by atoms with Crippen LogP contribution in [0, 0.1) is 5.92 Å². The number of nitrogens with zero attached hydrogens (tertiary/aromatic N) is 2. The fourth-order valence-electron chi connectivity index (χ4n) is 2.97. The lowest BCUT2D eigenvalue weighted by molar-refractivity contribution is -0.0117. The van der Waals surface area contributed by atoms with Crippen LogP contribution < -0.4 is 5.73 Å². The zero-order valence-corrected chi connectivity index (χ0v) is 13.3. The highest BCUT2D eigenvalue weighted by Crippen LogP contribution is 2.28. The van der Waals surface area contributed by atoms with E-state index in [1.54, 1.807) is 0 Å². The van der Waals surface area contributed by atoms with Gasteiger partial charge in [0.2, 0.25) is 0 Å². The van der Waals surface area contributed by atoms with Crippen molar-refractivity contribution in [3.05, 3.63) is 0 Å². The van der Waals surface area contributed by atoms with E-state index in [4.69, 9.17) is 5.73 Å². The molecule has 3 nitrogen and oxygen atoms in total. The Morgan fingerprint density at radius 2 is 1.44 bits per heavy atom. The Kier molecular flexibility index (Phi) is 5.22. The quantitative estimate of drug-likeness (QED) is 0.835. The van der Waals surface area contributed by atoms with E-state index in [0.717, 1.165) is 32.7 Å². The van der Waals surface area contributed by atoms with Crippen molar-refractivity contribution in [2.75, 3.05) is 32.7 Å². The van der Waals surface area contributed by atoms with Gasteiger partial charge in [-0.05, 0) is 33.6 Å². The molecule has 0 aromatic carbocycles. The molecule has 1 aliphatic rings. The lowest BCUT2D eigenvalue weighted by Gasteiger charge is -2.50. The van der Waals surface area contributed by atoms with Crippen LogP contribution in [0.4, 0.5) is 0 Å². The molecule has 2 N–H and O–H groups in total. The van der Waals surface area contributed by atoms with Crippen molar-refractivity contribution in [1.82, 2.24) is 9.80 Å². The molecule has 2 atom stereocenters. The summed E-state index contributed by atoms with van der Waals surface area (Å²) in [4.78, 5) is 5.19. The molecule has 1 fully saturated rings. The van der Waals surface area contributed by atoms with Crippen molar-refractivity contribution in [3.8, 4) is 0 Å². The minimum atomic E-state index is 0.165. The number of rotatable bonds is 4. The summed E-state index contributed by atoms with van der Waals surface area (Å²) in [5.41, 5.74) is 6.54. The Hall–Kier alpha value is -0.120. The van der Waals surface area contributed by atoms with Crippen LogP contribution in [0.15, 0.2) is 0 Å². The molecule has 0 radical (unpaired) electrons. The number of hydrogen-bond donors (Lipinski definition) is 1. The second-order valence-electron chi connectivity index (χ2n) is 7.02. The minimum Gasteiger partial charge on any atom is -0.329 e. The van der Waals surface area contributed by atoms with Crippen molar-refractivity contribution >= 4 is 0 Å². The van der Waals surface area contributed by atoms with Gasteiger partial charge in [-0.3, -0.25) is 9.80 Å². The monoisotopic (exact) mass is 255 g/mol. The Bertz CT molecular complexity index is 251. The lowest BCUT2D eigenvalue weighted by Crippen LogP contribution is -2.63. The van der Waals surface area contributed by atoms with Gasteiger partial charge < -0.3 is 5.73 Å². The second-order valence-corrected chi connectivity index (χ2v) is 7.02. The zero-order chi connectivity index (χ0) is 14.0. The van der Waals surface area contributed by atoms with Gasteiger partial charge in [0.1, 0.15) is 0 Å². The first kappa shape index (κ1) is 15.9. The van der Waals surface area contributed by atoms with Crippen LogP contribution in [0.5, 0.6) is 0 Å². The lowest BCUT2D eigenvalue weighted by atomic mass is 9.83. The molecule has 0 aliphatic carbocycles. The fourth-order valence-corrected chi connectivity index (χ4v) is 2.97. The normalized spacial score (nSPS) is 24.8. The fraction of sp³-hybridized carbons (Fsp3) is 1.00. The molecule has 1 rings (SSSR count). The van der Waals surface area contributed by atoms with Gasteiger partial charge in [-0.2, -0.15) is 0 Å². The van der Waals surface area contributed by atoms with Gasteiger partial charge in [-0.25, -0.2) is 0 Å². The standard InChI is InChI=1S/C15H33N3/c1-7-13(2)15(6,12-16)18-10-8-17(9-11-18)14(3,4)5/h13H,7-12,16H2,1-6H3. The van der Waals surface area contributed by atoms with Crippen LogP contribution in [0.3, 0.4) is 0 Å². The predicted molar refractivity (Wildman–Crippen MR) is 79.8 cm³/mol. The summed E-state index contributed by atoms with van der Waals surface area (Å²) in [6.07, 6.45) is 1.20. The molecule has 0 aromatic rings. The highest BCUT2D eigenvalue weighted by atomic mass is 15.3. The maximum Gasteiger partial charge on any atom is 0.0330 e. The molecule has 2 unspecified atom stereocenters. The number of piperazine rings is 1. The van der Waals surface area contributed by atoms with Crippen molar-refractivity contribution in [1.29, 1.82) is 0 Å². The summed E-state index contributed by atoms with van der Waals surface area (Å²) in [6, 6.07) is 0. The maximum absolute atomic E-state index is 6.08. The van der Waals surface area contributed by atoms with Crippen molar-refractivity contribution in [2.45, 2.75) is 59.0 Å². The van der Waals surface area contributed by atoms with Crippen LogP contribution >= 0.6 is 0 Å². The van der Waals surface area contributed by atoms with Gasteiger partial charge in [0.05, 0.1) is 0 Å². The second kappa shape index (κ2) is 5.89. The molecule has 1 aliphatic heterocycles. The molecule has 0 saturated carbocycles. The van der Waals surface area contributed by atoms with E-state index in [2.05, 4.69) is 51.3 Å². The SMILES string of the molecule is CCC(C)C(C)(CN)N1CCN(C(C)(C)C)CC1. The van der Waals surface area contributed by atoms with Crippen molar-refractivity contribution in [2.24, 2.45) is 11.7 Å². The molecule has 1 heterocycles. The van der Waals surface area contributed by atoms with E-state index < -0.39 is 0 Å². The molecule has 3 heteroatoms. The van der Waals surface area contributed by atoms with Crippen molar-refractivity contribution < 1.29 is 0 Å². The molecular weight excluding hydrogens is 222 g/mol. The Labute approximate surface area is 114 Å². The number of nitrogens with two attached hydrogens (primary N) is 1. The first-order valence-corrected chi connectivity index (χ1v) is 7.46. The third-order valence-corrected chi connectivity index (χ3v) is 5.04. The van der Waals surface area contributed by atoms with Gasteiger partial charge in [0.15, 0.2) is 0 Å². The van der Waals surface area contributed by atoms with Crippen LogP contribution in [0.2, 0.25) is 0 Å². The van der Waals surface area contributed by atoms with Crippen LogP contribution in [-0.4, -0.2) is 53.6 Å². The summed E-state index contributed by atoms with van der Waals surface area (Å²) in [6.45, 7) is 19.2. The van der Waals surface area contributed by atoms with Crippen LogP contribution in [0.1, 0.15) is 48.0 Å². The van der Waals surface area contributed by atoms with Crippen LogP contribution in [0.25, 0.3) is 0 Å². The van der Waals surface area contributed by atoms with Gasteiger partial charge in [-0.1, -0.05) is 20.3 Å². The zero-order valence-electron chi connectivity index (χ0n) is 13.3. The minimum absolute atomic E-state index is 0.165. The summed E-state index contributed by atoms with van der Waals surface area (Å²) in [7, 11) is 0. The summed E-state index contributed by atoms with van der Waals surface area (Å²) in [5, 5.41) is 0. The van der Waals surface area contributed by atoms with Gasteiger partial charge >= 0.3 is 0 Å². The Morgan fingerprint density at radius 3 is 1.78 bits per heavy atom. The average Bonchev–Trinajstić information content (AvgIpc) is 2.36. The van der Waals surface area contributed by atoms with Gasteiger partial charge in [0.25, 0.3) is 0 Å². The first-order chi connectivity index (χ1) is 8.25.